The maximum Gasteiger partial charge on any atom is 0.161 e. The first-order valence-electron chi connectivity index (χ1n) is 6.26. The van der Waals surface area contributed by atoms with Gasteiger partial charge in [-0.05, 0) is 30.5 Å². The molecule has 2 atom stereocenters. The van der Waals surface area contributed by atoms with Gasteiger partial charge >= 0.3 is 0 Å². The number of aliphatic hydroxyl groups excluding tert-OH is 1. The lowest BCUT2D eigenvalue weighted by Crippen LogP contribution is -2.11. The minimum Gasteiger partial charge on any atom is -0.493 e. The second-order valence-corrected chi connectivity index (χ2v) is 4.50. The molecule has 0 radical (unpaired) electrons. The van der Waals surface area contributed by atoms with Crippen molar-refractivity contribution < 1.29 is 19.3 Å². The second-order valence-electron chi connectivity index (χ2n) is 4.50. The van der Waals surface area contributed by atoms with Crippen LogP contribution in [0.4, 0.5) is 0 Å². The molecule has 2 unspecified atom stereocenters. The van der Waals surface area contributed by atoms with Crippen molar-refractivity contribution in [1.82, 2.24) is 0 Å². The van der Waals surface area contributed by atoms with E-state index in [0.717, 1.165) is 25.0 Å². The Morgan fingerprint density at radius 1 is 1.33 bits per heavy atom. The summed E-state index contributed by atoms with van der Waals surface area (Å²) in [6.45, 7) is 0.809. The molecule has 4 heteroatoms. The van der Waals surface area contributed by atoms with Gasteiger partial charge in [-0.2, -0.15) is 0 Å². The molecule has 1 fully saturated rings. The van der Waals surface area contributed by atoms with Gasteiger partial charge in [0.15, 0.2) is 11.5 Å². The Bertz CT molecular complexity index is 385. The van der Waals surface area contributed by atoms with Gasteiger partial charge in [0, 0.05) is 13.0 Å². The summed E-state index contributed by atoms with van der Waals surface area (Å²) in [5.74, 6) is 1.31. The summed E-state index contributed by atoms with van der Waals surface area (Å²) in [5.41, 5.74) is 0.836. The van der Waals surface area contributed by atoms with E-state index in [9.17, 15) is 5.11 Å². The van der Waals surface area contributed by atoms with Crippen molar-refractivity contribution in [3.8, 4) is 11.5 Å². The predicted octanol–water partition coefficient (Wildman–Crippen LogP) is 2.31. The number of ether oxygens (including phenoxy) is 3. The van der Waals surface area contributed by atoms with Crippen LogP contribution in [0.2, 0.25) is 0 Å². The number of hydrogen-bond acceptors (Lipinski definition) is 4. The molecule has 1 heterocycles. The summed E-state index contributed by atoms with van der Waals surface area (Å²) in [7, 11) is 3.19. The number of hydrogen-bond donors (Lipinski definition) is 1. The largest absolute Gasteiger partial charge is 0.493 e. The molecule has 1 aromatic rings. The van der Waals surface area contributed by atoms with E-state index in [-0.39, 0.29) is 6.10 Å². The quantitative estimate of drug-likeness (QED) is 0.873. The Balaban J connectivity index is 2.06. The first kappa shape index (κ1) is 13.2. The Hall–Kier alpha value is -1.26. The molecule has 1 aromatic carbocycles. The average Bonchev–Trinajstić information content (AvgIpc) is 2.90. The van der Waals surface area contributed by atoms with Gasteiger partial charge < -0.3 is 19.3 Å². The van der Waals surface area contributed by atoms with Crippen molar-refractivity contribution in [2.24, 2.45) is 0 Å². The van der Waals surface area contributed by atoms with Crippen LogP contribution in [-0.2, 0) is 4.74 Å². The van der Waals surface area contributed by atoms with Crippen LogP contribution in [0, 0.1) is 0 Å². The summed E-state index contributed by atoms with van der Waals surface area (Å²) in [6.07, 6.45) is 2.41. The molecule has 4 nitrogen and oxygen atoms in total. The van der Waals surface area contributed by atoms with Crippen LogP contribution in [0.25, 0.3) is 0 Å². The van der Waals surface area contributed by atoms with Crippen LogP contribution in [0.3, 0.4) is 0 Å². The maximum atomic E-state index is 10.2. The predicted molar refractivity (Wildman–Crippen MR) is 68.1 cm³/mol. The van der Waals surface area contributed by atoms with Gasteiger partial charge in [0.2, 0.25) is 0 Å². The molecule has 0 bridgehead atoms. The van der Waals surface area contributed by atoms with E-state index in [1.54, 1.807) is 14.2 Å². The zero-order chi connectivity index (χ0) is 13.0. The van der Waals surface area contributed by atoms with Crippen molar-refractivity contribution in [2.75, 3.05) is 20.8 Å². The molecule has 0 aliphatic carbocycles. The summed E-state index contributed by atoms with van der Waals surface area (Å²) >= 11 is 0. The summed E-state index contributed by atoms with van der Waals surface area (Å²) < 4.78 is 15.9. The van der Waals surface area contributed by atoms with Gasteiger partial charge in [-0.3, -0.25) is 0 Å². The Kier molecular flexibility index (Phi) is 4.44. The first-order chi connectivity index (χ1) is 8.74. The third kappa shape index (κ3) is 2.94. The smallest absolute Gasteiger partial charge is 0.161 e. The lowest BCUT2D eigenvalue weighted by molar-refractivity contribution is 0.0534. The standard InChI is InChI=1S/C14H20O4/c1-16-13-6-5-10(8-14(13)17-2)12(15)9-11-4-3-7-18-11/h5-6,8,11-12,15H,3-4,7,9H2,1-2H3. The van der Waals surface area contributed by atoms with Crippen LogP contribution < -0.4 is 9.47 Å². The van der Waals surface area contributed by atoms with Gasteiger partial charge in [-0.1, -0.05) is 6.07 Å². The maximum absolute atomic E-state index is 10.2. The SMILES string of the molecule is COc1ccc(C(O)CC2CCCO2)cc1OC. The van der Waals surface area contributed by atoms with Gasteiger partial charge in [0.1, 0.15) is 0 Å². The van der Waals surface area contributed by atoms with E-state index in [0.29, 0.717) is 17.9 Å². The number of benzene rings is 1. The molecule has 1 saturated heterocycles. The highest BCUT2D eigenvalue weighted by atomic mass is 16.5. The molecular weight excluding hydrogens is 232 g/mol. The van der Waals surface area contributed by atoms with E-state index in [4.69, 9.17) is 14.2 Å². The van der Waals surface area contributed by atoms with E-state index >= 15 is 0 Å². The highest BCUT2D eigenvalue weighted by Gasteiger charge is 2.21. The zero-order valence-electron chi connectivity index (χ0n) is 10.9. The second kappa shape index (κ2) is 6.07. The number of methoxy groups -OCH3 is 2. The Labute approximate surface area is 107 Å². The molecule has 1 N–H and O–H groups in total. The van der Waals surface area contributed by atoms with Crippen LogP contribution in [0.1, 0.15) is 30.9 Å². The molecule has 2 rings (SSSR count). The molecule has 0 amide bonds. The summed E-state index contributed by atoms with van der Waals surface area (Å²) in [6, 6.07) is 5.49. The first-order valence-corrected chi connectivity index (χ1v) is 6.26. The van der Waals surface area contributed by atoms with E-state index in [1.807, 2.05) is 18.2 Å². The normalized spacial score (nSPS) is 20.7. The fraction of sp³-hybridized carbons (Fsp3) is 0.571. The topological polar surface area (TPSA) is 47.9 Å². The molecule has 0 spiro atoms. The van der Waals surface area contributed by atoms with Crippen molar-refractivity contribution >= 4 is 0 Å². The van der Waals surface area contributed by atoms with Crippen molar-refractivity contribution in [1.29, 1.82) is 0 Å². The number of aliphatic hydroxyl groups is 1. The fourth-order valence-corrected chi connectivity index (χ4v) is 2.28. The summed E-state index contributed by atoms with van der Waals surface area (Å²) in [5, 5.41) is 10.2. The van der Waals surface area contributed by atoms with Gasteiger partial charge in [0.05, 0.1) is 26.4 Å². The van der Waals surface area contributed by atoms with Crippen LogP contribution in [-0.4, -0.2) is 32.0 Å². The van der Waals surface area contributed by atoms with Crippen LogP contribution >= 0.6 is 0 Å². The van der Waals surface area contributed by atoms with Gasteiger partial charge in [-0.25, -0.2) is 0 Å². The lowest BCUT2D eigenvalue weighted by Gasteiger charge is -2.17. The minimum atomic E-state index is -0.520. The van der Waals surface area contributed by atoms with Gasteiger partial charge in [0.25, 0.3) is 0 Å². The highest BCUT2D eigenvalue weighted by Crippen LogP contribution is 2.32. The van der Waals surface area contributed by atoms with E-state index < -0.39 is 6.10 Å². The van der Waals surface area contributed by atoms with Crippen LogP contribution in [0.15, 0.2) is 18.2 Å². The molecular formula is C14H20O4. The third-order valence-corrected chi connectivity index (χ3v) is 3.30. The highest BCUT2D eigenvalue weighted by molar-refractivity contribution is 5.43. The zero-order valence-corrected chi connectivity index (χ0v) is 10.9. The van der Waals surface area contributed by atoms with Gasteiger partial charge in [-0.15, -0.1) is 0 Å². The molecule has 18 heavy (non-hydrogen) atoms. The molecule has 1 aliphatic heterocycles. The molecule has 0 saturated carbocycles. The lowest BCUT2D eigenvalue weighted by atomic mass is 10.0. The summed E-state index contributed by atoms with van der Waals surface area (Å²) in [4.78, 5) is 0. The molecule has 0 aromatic heterocycles. The van der Waals surface area contributed by atoms with Crippen molar-refractivity contribution in [3.63, 3.8) is 0 Å². The monoisotopic (exact) mass is 252 g/mol. The van der Waals surface area contributed by atoms with Crippen molar-refractivity contribution in [3.05, 3.63) is 23.8 Å². The van der Waals surface area contributed by atoms with Crippen molar-refractivity contribution in [2.45, 2.75) is 31.5 Å². The Morgan fingerprint density at radius 3 is 2.72 bits per heavy atom. The molecule has 100 valence electrons. The van der Waals surface area contributed by atoms with E-state index in [1.165, 1.54) is 0 Å². The average molecular weight is 252 g/mol. The molecule has 1 aliphatic rings. The van der Waals surface area contributed by atoms with E-state index in [2.05, 4.69) is 0 Å². The minimum absolute atomic E-state index is 0.174. The Morgan fingerprint density at radius 2 is 2.11 bits per heavy atom. The third-order valence-electron chi connectivity index (χ3n) is 3.30. The number of rotatable bonds is 5. The van der Waals surface area contributed by atoms with Crippen LogP contribution in [0.5, 0.6) is 11.5 Å². The fourth-order valence-electron chi connectivity index (χ4n) is 2.28.